The number of amides is 5. The number of carbonyl (C=O) groups excluding carboxylic acids is 3. The molecule has 1 aliphatic rings. The fraction of sp³-hybridized carbons (Fsp3) is 0.500. The average Bonchev–Trinajstić information content (AvgIpc) is 2.33. The number of rotatable bonds is 1. The summed E-state index contributed by atoms with van der Waals surface area (Å²) in [5.74, 6) is -0.617. The molecular formula is C6H13ClN4O3. The van der Waals surface area contributed by atoms with Crippen LogP contribution in [-0.2, 0) is 4.79 Å². The minimum Gasteiger partial charge on any atom is -0.352 e. The molecule has 0 aromatic rings. The van der Waals surface area contributed by atoms with Crippen LogP contribution in [0.2, 0.25) is 0 Å². The molecule has 1 atom stereocenters. The van der Waals surface area contributed by atoms with E-state index >= 15 is 0 Å². The lowest BCUT2D eigenvalue weighted by Gasteiger charge is -2.05. The zero-order chi connectivity index (χ0) is 10.4. The fourth-order valence-electron chi connectivity index (χ4n) is 0.661. The lowest BCUT2D eigenvalue weighted by atomic mass is 10.5. The van der Waals surface area contributed by atoms with Crippen molar-refractivity contribution in [1.82, 2.24) is 16.0 Å². The Hall–Kier alpha value is -1.50. The summed E-state index contributed by atoms with van der Waals surface area (Å²) in [5.41, 5.74) is 4.70. The van der Waals surface area contributed by atoms with Crippen molar-refractivity contribution < 1.29 is 14.4 Å². The Bertz CT molecular complexity index is 233. The summed E-state index contributed by atoms with van der Waals surface area (Å²) in [6, 6.07) is -1.51. The zero-order valence-corrected chi connectivity index (χ0v) is 8.60. The minimum absolute atomic E-state index is 0. The van der Waals surface area contributed by atoms with E-state index in [-0.39, 0.29) is 12.4 Å². The molecule has 1 aliphatic heterocycles. The largest absolute Gasteiger partial charge is 0.352 e. The molecule has 0 spiro atoms. The molecule has 1 rings (SSSR count). The third kappa shape index (κ3) is 4.51. The van der Waals surface area contributed by atoms with Gasteiger partial charge >= 0.3 is 12.1 Å². The van der Waals surface area contributed by atoms with Crippen LogP contribution in [0.4, 0.5) is 9.59 Å². The highest BCUT2D eigenvalue weighted by Gasteiger charge is 2.29. The topological polar surface area (TPSA) is 113 Å². The van der Waals surface area contributed by atoms with Gasteiger partial charge in [0, 0.05) is 0 Å². The van der Waals surface area contributed by atoms with Gasteiger partial charge in [-0.1, -0.05) is 13.8 Å². The van der Waals surface area contributed by atoms with Gasteiger partial charge in [0.1, 0.15) is 0 Å². The fourth-order valence-corrected chi connectivity index (χ4v) is 0.661. The molecule has 1 unspecified atom stereocenters. The molecule has 5 amide bonds. The molecule has 0 bridgehead atoms. The van der Waals surface area contributed by atoms with E-state index in [1.165, 1.54) is 0 Å². The van der Waals surface area contributed by atoms with Crippen LogP contribution in [0, 0.1) is 0 Å². The maximum absolute atomic E-state index is 10.7. The minimum atomic E-state index is -1.04. The summed E-state index contributed by atoms with van der Waals surface area (Å²) >= 11 is 0. The van der Waals surface area contributed by atoms with Crippen molar-refractivity contribution in [2.24, 2.45) is 5.73 Å². The molecule has 1 fully saturated rings. The first kappa shape index (κ1) is 15.0. The normalized spacial score (nSPS) is 18.0. The first-order valence-corrected chi connectivity index (χ1v) is 3.77. The van der Waals surface area contributed by atoms with Gasteiger partial charge in [0.25, 0.3) is 5.91 Å². The van der Waals surface area contributed by atoms with Crippen molar-refractivity contribution in [2.45, 2.75) is 20.0 Å². The van der Waals surface area contributed by atoms with Crippen molar-refractivity contribution in [2.75, 3.05) is 0 Å². The van der Waals surface area contributed by atoms with E-state index in [0.717, 1.165) is 0 Å². The maximum atomic E-state index is 10.7. The summed E-state index contributed by atoms with van der Waals surface area (Å²) in [7, 11) is 0. The van der Waals surface area contributed by atoms with Gasteiger partial charge in [0.2, 0.25) is 0 Å². The molecule has 5 N–H and O–H groups in total. The van der Waals surface area contributed by atoms with Crippen molar-refractivity contribution in [3.05, 3.63) is 0 Å². The summed E-state index contributed by atoms with van der Waals surface area (Å²) < 4.78 is 0. The van der Waals surface area contributed by atoms with Crippen molar-refractivity contribution >= 4 is 30.4 Å². The van der Waals surface area contributed by atoms with Crippen LogP contribution in [-0.4, -0.2) is 24.1 Å². The Morgan fingerprint density at radius 3 is 2.21 bits per heavy atom. The van der Waals surface area contributed by atoms with Gasteiger partial charge in [-0.3, -0.25) is 10.1 Å². The molecule has 0 aliphatic carbocycles. The second-order valence-corrected chi connectivity index (χ2v) is 1.90. The van der Waals surface area contributed by atoms with Gasteiger partial charge in [-0.25, -0.2) is 9.59 Å². The van der Waals surface area contributed by atoms with Crippen LogP contribution in [0.15, 0.2) is 0 Å². The van der Waals surface area contributed by atoms with Crippen LogP contribution >= 0.6 is 12.4 Å². The van der Waals surface area contributed by atoms with Crippen LogP contribution < -0.4 is 21.7 Å². The summed E-state index contributed by atoms with van der Waals surface area (Å²) in [5, 5.41) is 6.05. The van der Waals surface area contributed by atoms with Crippen molar-refractivity contribution in [3.63, 3.8) is 0 Å². The Morgan fingerprint density at radius 1 is 1.43 bits per heavy atom. The van der Waals surface area contributed by atoms with Crippen LogP contribution in [0.1, 0.15) is 13.8 Å². The highest BCUT2D eigenvalue weighted by Crippen LogP contribution is 1.86. The highest BCUT2D eigenvalue weighted by molar-refractivity contribution is 6.05. The number of nitrogens with one attached hydrogen (secondary N) is 3. The average molecular weight is 225 g/mol. The number of nitrogens with two attached hydrogens (primary N) is 1. The van der Waals surface area contributed by atoms with E-state index in [0.29, 0.717) is 0 Å². The first-order valence-electron chi connectivity index (χ1n) is 3.77. The Kier molecular flexibility index (Phi) is 7.45. The molecular weight excluding hydrogens is 212 g/mol. The van der Waals surface area contributed by atoms with E-state index in [2.05, 4.69) is 5.32 Å². The number of hydrogen-bond donors (Lipinski definition) is 4. The molecule has 1 heterocycles. The second-order valence-electron chi connectivity index (χ2n) is 1.90. The van der Waals surface area contributed by atoms with Crippen molar-refractivity contribution in [3.8, 4) is 0 Å². The number of imide groups is 1. The smallest absolute Gasteiger partial charge is 0.323 e. The summed E-state index contributed by atoms with van der Waals surface area (Å²) in [4.78, 5) is 31.3. The van der Waals surface area contributed by atoms with Gasteiger partial charge in [0.15, 0.2) is 6.17 Å². The third-order valence-electron chi connectivity index (χ3n) is 1.06. The predicted octanol–water partition coefficient (Wildman–Crippen LogP) is -0.732. The zero-order valence-electron chi connectivity index (χ0n) is 7.79. The van der Waals surface area contributed by atoms with Gasteiger partial charge in [0.05, 0.1) is 0 Å². The molecule has 0 aromatic carbocycles. The van der Waals surface area contributed by atoms with Crippen LogP contribution in [0.25, 0.3) is 0 Å². The standard InChI is InChI=1S/C4H6N4O3.C2H6.ClH/c5-3(10)6-1-2(9)8-4(11)7-1;1-2;/h1H,(H3,5,6,10)(H2,7,8,9,11);1-2H3;1H. The summed E-state index contributed by atoms with van der Waals surface area (Å²) in [6.45, 7) is 4.00. The Balaban J connectivity index is 0. The molecule has 14 heavy (non-hydrogen) atoms. The van der Waals surface area contributed by atoms with E-state index in [1.54, 1.807) is 0 Å². The number of primary amides is 1. The Morgan fingerprint density at radius 2 is 1.93 bits per heavy atom. The lowest BCUT2D eigenvalue weighted by molar-refractivity contribution is -0.120. The third-order valence-corrected chi connectivity index (χ3v) is 1.06. The quantitative estimate of drug-likeness (QED) is 0.440. The van der Waals surface area contributed by atoms with Gasteiger partial charge in [-0.15, -0.1) is 12.4 Å². The van der Waals surface area contributed by atoms with Crippen LogP contribution in [0.3, 0.4) is 0 Å². The molecule has 8 heteroatoms. The van der Waals surface area contributed by atoms with E-state index < -0.39 is 24.1 Å². The highest BCUT2D eigenvalue weighted by atomic mass is 35.5. The van der Waals surface area contributed by atoms with Crippen molar-refractivity contribution in [1.29, 1.82) is 0 Å². The number of carbonyl (C=O) groups is 3. The molecule has 0 aromatic heterocycles. The number of halogens is 1. The van der Waals surface area contributed by atoms with E-state index in [1.807, 2.05) is 24.5 Å². The maximum Gasteiger partial charge on any atom is 0.323 e. The van der Waals surface area contributed by atoms with Crippen LogP contribution in [0.5, 0.6) is 0 Å². The number of hydrogen-bond acceptors (Lipinski definition) is 3. The molecule has 7 nitrogen and oxygen atoms in total. The predicted molar refractivity (Wildman–Crippen MR) is 51.8 cm³/mol. The molecule has 1 saturated heterocycles. The van der Waals surface area contributed by atoms with E-state index in [4.69, 9.17) is 5.73 Å². The monoisotopic (exact) mass is 224 g/mol. The van der Waals surface area contributed by atoms with Gasteiger partial charge in [-0.2, -0.15) is 0 Å². The summed E-state index contributed by atoms with van der Waals surface area (Å²) in [6.07, 6.45) is -1.04. The molecule has 82 valence electrons. The lowest BCUT2D eigenvalue weighted by Crippen LogP contribution is -2.48. The molecule has 0 radical (unpaired) electrons. The number of urea groups is 2. The Labute approximate surface area is 87.2 Å². The first-order chi connectivity index (χ1) is 6.09. The van der Waals surface area contributed by atoms with Gasteiger partial charge < -0.3 is 16.4 Å². The second kappa shape index (κ2) is 6.96. The SMILES string of the molecule is CC.Cl.NC(=O)NC1NC(=O)NC1=O. The van der Waals surface area contributed by atoms with Gasteiger partial charge in [-0.05, 0) is 0 Å². The molecule has 0 saturated carbocycles. The van der Waals surface area contributed by atoms with E-state index in [9.17, 15) is 14.4 Å².